The molecule has 0 spiro atoms. The van der Waals surface area contributed by atoms with Crippen LogP contribution in [0.15, 0.2) is 67.0 Å². The molecule has 1 heterocycles. The molecule has 0 bridgehead atoms. The number of hydrogen-bond donors (Lipinski definition) is 0. The highest BCUT2D eigenvalue weighted by atomic mass is 35.5. The molecule has 1 aliphatic carbocycles. The fourth-order valence-corrected chi connectivity index (χ4v) is 3.34. The second-order valence-electron chi connectivity index (χ2n) is 6.43. The minimum atomic E-state index is 0.463. The van der Waals surface area contributed by atoms with Gasteiger partial charge in [-0.3, -0.25) is 4.98 Å². The van der Waals surface area contributed by atoms with E-state index in [4.69, 9.17) is 16.3 Å². The molecule has 0 fully saturated rings. The van der Waals surface area contributed by atoms with Gasteiger partial charge in [-0.25, -0.2) is 4.98 Å². The maximum absolute atomic E-state index is 6.09. The van der Waals surface area contributed by atoms with Crippen molar-refractivity contribution >= 4 is 17.7 Å². The lowest BCUT2D eigenvalue weighted by atomic mass is 9.96. The third-order valence-corrected chi connectivity index (χ3v) is 4.80. The number of ether oxygens (including phenoxy) is 1. The van der Waals surface area contributed by atoms with Crippen molar-refractivity contribution in [2.45, 2.75) is 19.8 Å². The van der Waals surface area contributed by atoms with E-state index < -0.39 is 0 Å². The van der Waals surface area contributed by atoms with Crippen molar-refractivity contribution in [3.8, 4) is 22.9 Å². The molecule has 0 radical (unpaired) electrons. The highest BCUT2D eigenvalue weighted by Crippen LogP contribution is 2.31. The first-order valence-electron chi connectivity index (χ1n) is 8.90. The fourth-order valence-electron chi connectivity index (χ4n) is 3.15. The van der Waals surface area contributed by atoms with Crippen LogP contribution >= 0.6 is 11.6 Å². The predicted octanol–water partition coefficient (Wildman–Crippen LogP) is 6.41. The molecule has 4 heteroatoms. The van der Waals surface area contributed by atoms with Gasteiger partial charge in [-0.2, -0.15) is 0 Å². The SMILES string of the molecule is Cc1c(Oc2cncc(-c3cccc(Cl)c3)n2)ccc2c1/C=C\C/C=C\C2. The highest BCUT2D eigenvalue weighted by molar-refractivity contribution is 6.30. The number of allylic oxidation sites excluding steroid dienone is 3. The molecule has 1 aromatic heterocycles. The lowest BCUT2D eigenvalue weighted by Gasteiger charge is -2.14. The van der Waals surface area contributed by atoms with E-state index >= 15 is 0 Å². The maximum Gasteiger partial charge on any atom is 0.238 e. The summed E-state index contributed by atoms with van der Waals surface area (Å²) in [7, 11) is 0. The summed E-state index contributed by atoms with van der Waals surface area (Å²) in [5, 5.41) is 0.666. The van der Waals surface area contributed by atoms with Crippen LogP contribution in [0, 0.1) is 6.92 Å². The Labute approximate surface area is 164 Å². The van der Waals surface area contributed by atoms with E-state index in [1.54, 1.807) is 12.4 Å². The molecule has 0 N–H and O–H groups in total. The molecule has 0 saturated carbocycles. The van der Waals surface area contributed by atoms with E-state index in [2.05, 4.69) is 47.3 Å². The van der Waals surface area contributed by atoms with Crippen molar-refractivity contribution in [2.75, 3.05) is 0 Å². The molecule has 0 atom stereocenters. The zero-order valence-corrected chi connectivity index (χ0v) is 15.8. The molecular formula is C23H19ClN2O. The van der Waals surface area contributed by atoms with Crippen molar-refractivity contribution in [1.29, 1.82) is 0 Å². The molecule has 0 unspecified atom stereocenters. The van der Waals surface area contributed by atoms with E-state index in [9.17, 15) is 0 Å². The second kappa shape index (κ2) is 7.77. The van der Waals surface area contributed by atoms with Crippen LogP contribution in [0.3, 0.4) is 0 Å². The van der Waals surface area contributed by atoms with Crippen LogP contribution in [0.1, 0.15) is 23.1 Å². The minimum Gasteiger partial charge on any atom is -0.437 e. The molecule has 0 aliphatic heterocycles. The van der Waals surface area contributed by atoms with Gasteiger partial charge in [0.25, 0.3) is 0 Å². The van der Waals surface area contributed by atoms with Gasteiger partial charge in [0.2, 0.25) is 5.88 Å². The number of rotatable bonds is 3. The average Bonchev–Trinajstić information content (AvgIpc) is 2.65. The van der Waals surface area contributed by atoms with Crippen LogP contribution < -0.4 is 4.74 Å². The highest BCUT2D eigenvalue weighted by Gasteiger charge is 2.11. The van der Waals surface area contributed by atoms with Gasteiger partial charge in [-0.05, 0) is 54.7 Å². The zero-order chi connectivity index (χ0) is 18.6. The molecule has 3 nitrogen and oxygen atoms in total. The van der Waals surface area contributed by atoms with Crippen molar-refractivity contribution in [2.24, 2.45) is 0 Å². The Morgan fingerprint density at radius 1 is 1.04 bits per heavy atom. The van der Waals surface area contributed by atoms with Gasteiger partial charge in [0.1, 0.15) is 5.75 Å². The first-order chi connectivity index (χ1) is 13.2. The molecule has 1 aliphatic rings. The summed E-state index contributed by atoms with van der Waals surface area (Å²) >= 11 is 6.09. The third-order valence-electron chi connectivity index (χ3n) is 4.56. The molecule has 2 aromatic carbocycles. The van der Waals surface area contributed by atoms with Gasteiger partial charge in [0.05, 0.1) is 18.1 Å². The van der Waals surface area contributed by atoms with Gasteiger partial charge in [-0.1, -0.05) is 54.1 Å². The van der Waals surface area contributed by atoms with E-state index in [1.165, 1.54) is 11.1 Å². The largest absolute Gasteiger partial charge is 0.437 e. The Morgan fingerprint density at radius 2 is 1.96 bits per heavy atom. The lowest BCUT2D eigenvalue weighted by molar-refractivity contribution is 0.457. The minimum absolute atomic E-state index is 0.463. The molecule has 134 valence electrons. The summed E-state index contributed by atoms with van der Waals surface area (Å²) in [5.74, 6) is 1.26. The second-order valence-corrected chi connectivity index (χ2v) is 6.87. The van der Waals surface area contributed by atoms with Crippen LogP contribution in [0.25, 0.3) is 17.3 Å². The smallest absolute Gasteiger partial charge is 0.238 e. The molecule has 4 rings (SSSR count). The lowest BCUT2D eigenvalue weighted by Crippen LogP contribution is -1.98. The quantitative estimate of drug-likeness (QED) is 0.496. The molecule has 0 saturated heterocycles. The van der Waals surface area contributed by atoms with Gasteiger partial charge >= 0.3 is 0 Å². The Bertz CT molecular complexity index is 1040. The van der Waals surface area contributed by atoms with Crippen molar-refractivity contribution in [3.63, 3.8) is 0 Å². The third kappa shape index (κ3) is 3.93. The average molecular weight is 375 g/mol. The number of benzene rings is 2. The molecule has 0 amide bonds. The van der Waals surface area contributed by atoms with Gasteiger partial charge < -0.3 is 4.74 Å². The number of halogens is 1. The van der Waals surface area contributed by atoms with E-state index in [0.29, 0.717) is 10.9 Å². The zero-order valence-electron chi connectivity index (χ0n) is 15.0. The summed E-state index contributed by atoms with van der Waals surface area (Å²) in [6.45, 7) is 2.08. The summed E-state index contributed by atoms with van der Waals surface area (Å²) in [4.78, 5) is 8.87. The van der Waals surface area contributed by atoms with Crippen LogP contribution in [-0.4, -0.2) is 9.97 Å². The first-order valence-corrected chi connectivity index (χ1v) is 9.28. The van der Waals surface area contributed by atoms with E-state index in [0.717, 1.165) is 35.4 Å². The molecule has 27 heavy (non-hydrogen) atoms. The summed E-state index contributed by atoms with van der Waals surface area (Å²) in [6.07, 6.45) is 14.0. The maximum atomic E-state index is 6.09. The van der Waals surface area contributed by atoms with Crippen molar-refractivity contribution < 1.29 is 4.74 Å². The summed E-state index contributed by atoms with van der Waals surface area (Å²) in [5.41, 5.74) is 5.25. The molecule has 3 aromatic rings. The topological polar surface area (TPSA) is 35.0 Å². The normalized spacial score (nSPS) is 15.3. The Kier molecular flexibility index (Phi) is 5.03. The molecular weight excluding hydrogens is 356 g/mol. The van der Waals surface area contributed by atoms with Crippen molar-refractivity contribution in [1.82, 2.24) is 9.97 Å². The van der Waals surface area contributed by atoms with E-state index in [-0.39, 0.29) is 0 Å². The number of aromatic nitrogens is 2. The van der Waals surface area contributed by atoms with Gasteiger partial charge in [0.15, 0.2) is 0 Å². The van der Waals surface area contributed by atoms with Crippen LogP contribution in [0.4, 0.5) is 0 Å². The monoisotopic (exact) mass is 374 g/mol. The predicted molar refractivity (Wildman–Crippen MR) is 110 cm³/mol. The number of nitrogens with zero attached hydrogens (tertiary/aromatic N) is 2. The van der Waals surface area contributed by atoms with Crippen LogP contribution in [-0.2, 0) is 6.42 Å². The first kappa shape index (κ1) is 17.5. The standard InChI is InChI=1S/C23H19ClN2O/c1-16-20-10-5-3-2-4-7-17(20)11-12-22(16)27-23-15-25-14-21(26-23)18-8-6-9-19(24)13-18/h2,4-6,8-15H,3,7H2,1H3/b4-2-,10-5-. The Balaban J connectivity index is 1.66. The van der Waals surface area contributed by atoms with Gasteiger partial charge in [-0.15, -0.1) is 0 Å². The Morgan fingerprint density at radius 3 is 2.85 bits per heavy atom. The van der Waals surface area contributed by atoms with Crippen molar-refractivity contribution in [3.05, 3.63) is 88.7 Å². The number of fused-ring (bicyclic) bond motifs is 1. The van der Waals surface area contributed by atoms with E-state index in [1.807, 2.05) is 30.3 Å². The van der Waals surface area contributed by atoms with Crippen LogP contribution in [0.2, 0.25) is 5.02 Å². The summed E-state index contributed by atoms with van der Waals surface area (Å²) in [6, 6.07) is 11.7. The fraction of sp³-hybridized carbons (Fsp3) is 0.130. The number of hydrogen-bond acceptors (Lipinski definition) is 3. The van der Waals surface area contributed by atoms with Gasteiger partial charge in [0, 0.05) is 10.6 Å². The van der Waals surface area contributed by atoms with Crippen LogP contribution in [0.5, 0.6) is 11.6 Å². The summed E-state index contributed by atoms with van der Waals surface area (Å²) < 4.78 is 6.08. The Hall–Kier alpha value is -2.91.